The van der Waals surface area contributed by atoms with Gasteiger partial charge in [-0.2, -0.15) is 0 Å². The predicted molar refractivity (Wildman–Crippen MR) is 132 cm³/mol. The normalized spacial score (nSPS) is 12.9. The number of hydrogen-bond acceptors (Lipinski definition) is 4. The average Bonchev–Trinajstić information content (AvgIpc) is 3.51. The van der Waals surface area contributed by atoms with Crippen LogP contribution in [0.3, 0.4) is 0 Å². The van der Waals surface area contributed by atoms with Crippen LogP contribution in [0.5, 0.6) is 0 Å². The van der Waals surface area contributed by atoms with Crippen LogP contribution >= 0.6 is 11.6 Å². The predicted octanol–water partition coefficient (Wildman–Crippen LogP) is 6.11. The lowest BCUT2D eigenvalue weighted by Crippen LogP contribution is -2.25. The monoisotopic (exact) mass is 471 g/mol. The largest absolute Gasteiger partial charge is 0.436 e. The van der Waals surface area contributed by atoms with E-state index < -0.39 is 0 Å². The van der Waals surface area contributed by atoms with Gasteiger partial charge in [-0.3, -0.25) is 9.59 Å². The molecule has 1 aliphatic carbocycles. The molecule has 0 unspecified atom stereocenters. The molecule has 0 saturated heterocycles. The molecular formula is C27H22ClN3O3. The third kappa shape index (κ3) is 4.72. The van der Waals surface area contributed by atoms with Crippen LogP contribution in [-0.4, -0.2) is 22.8 Å². The van der Waals surface area contributed by atoms with Crippen LogP contribution in [0.15, 0.2) is 77.3 Å². The minimum atomic E-state index is -0.336. The maximum Gasteiger partial charge on any atom is 0.256 e. The third-order valence-electron chi connectivity index (χ3n) is 5.63. The van der Waals surface area contributed by atoms with Gasteiger partial charge >= 0.3 is 0 Å². The van der Waals surface area contributed by atoms with Crippen LogP contribution in [0.4, 0.5) is 5.69 Å². The van der Waals surface area contributed by atoms with Crippen molar-refractivity contribution in [2.24, 2.45) is 0 Å². The first-order valence-electron chi connectivity index (χ1n) is 11.0. The molecule has 2 amide bonds. The number of aryl methyl sites for hydroxylation is 1. The molecular weight excluding hydrogens is 450 g/mol. The molecule has 6 nitrogen and oxygen atoms in total. The van der Waals surface area contributed by atoms with Crippen LogP contribution in [0.25, 0.3) is 22.8 Å². The summed E-state index contributed by atoms with van der Waals surface area (Å²) in [6.07, 6.45) is 3.64. The Kier molecular flexibility index (Phi) is 5.90. The lowest BCUT2D eigenvalue weighted by atomic mass is 10.1. The summed E-state index contributed by atoms with van der Waals surface area (Å²) in [5.41, 5.74) is 3.92. The topological polar surface area (TPSA) is 84.2 Å². The number of oxazole rings is 1. The van der Waals surface area contributed by atoms with Crippen molar-refractivity contribution < 1.29 is 14.0 Å². The molecule has 0 atom stereocenters. The third-order valence-corrected chi connectivity index (χ3v) is 5.94. The summed E-state index contributed by atoms with van der Waals surface area (Å²) in [6.45, 7) is 2.02. The number of carbonyl (C=O) groups is 2. The van der Waals surface area contributed by atoms with Crippen LogP contribution in [0, 0.1) is 6.92 Å². The van der Waals surface area contributed by atoms with Gasteiger partial charge in [0.25, 0.3) is 11.8 Å². The van der Waals surface area contributed by atoms with Gasteiger partial charge < -0.3 is 15.1 Å². The second-order valence-electron chi connectivity index (χ2n) is 8.34. The van der Waals surface area contributed by atoms with Gasteiger partial charge in [0.2, 0.25) is 5.89 Å². The first-order valence-corrected chi connectivity index (χ1v) is 11.4. The summed E-state index contributed by atoms with van der Waals surface area (Å²) in [4.78, 5) is 29.8. The van der Waals surface area contributed by atoms with Crippen molar-refractivity contribution in [2.75, 3.05) is 5.32 Å². The Morgan fingerprint density at radius 1 is 0.971 bits per heavy atom. The van der Waals surface area contributed by atoms with Crippen LogP contribution < -0.4 is 10.6 Å². The second-order valence-corrected chi connectivity index (χ2v) is 8.74. The minimum absolute atomic E-state index is 0.205. The smallest absolute Gasteiger partial charge is 0.256 e. The van der Waals surface area contributed by atoms with Crippen LogP contribution in [-0.2, 0) is 0 Å². The summed E-state index contributed by atoms with van der Waals surface area (Å²) in [5, 5.41) is 6.04. The number of carbonyl (C=O) groups excluding carboxylic acids is 2. The van der Waals surface area contributed by atoms with E-state index in [1.165, 1.54) is 0 Å². The summed E-state index contributed by atoms with van der Waals surface area (Å²) in [7, 11) is 0. The number of rotatable bonds is 6. The number of hydrogen-bond donors (Lipinski definition) is 2. The fourth-order valence-corrected chi connectivity index (χ4v) is 3.85. The molecule has 4 aromatic rings. The van der Waals surface area contributed by atoms with Crippen LogP contribution in [0.2, 0.25) is 5.02 Å². The number of nitrogens with zero attached hydrogens (tertiary/aromatic N) is 1. The molecule has 1 heterocycles. The van der Waals surface area contributed by atoms with Crippen molar-refractivity contribution >= 4 is 29.1 Å². The Morgan fingerprint density at radius 3 is 2.47 bits per heavy atom. The van der Waals surface area contributed by atoms with Crippen molar-refractivity contribution in [3.63, 3.8) is 0 Å². The molecule has 1 aliphatic rings. The second kappa shape index (κ2) is 9.15. The molecule has 0 aliphatic heterocycles. The lowest BCUT2D eigenvalue weighted by Gasteiger charge is -2.10. The molecule has 34 heavy (non-hydrogen) atoms. The summed E-state index contributed by atoms with van der Waals surface area (Å²) in [6, 6.07) is 20.1. The first kappa shape index (κ1) is 21.9. The Hall–Kier alpha value is -3.90. The fraction of sp³-hybridized carbons (Fsp3) is 0.148. The van der Waals surface area contributed by atoms with Crippen LogP contribution in [0.1, 0.15) is 39.1 Å². The van der Waals surface area contributed by atoms with Gasteiger partial charge in [0.15, 0.2) is 5.76 Å². The van der Waals surface area contributed by atoms with Crippen molar-refractivity contribution in [2.45, 2.75) is 25.8 Å². The zero-order valence-electron chi connectivity index (χ0n) is 18.5. The number of benzene rings is 3. The van der Waals surface area contributed by atoms with Crippen molar-refractivity contribution in [3.8, 4) is 22.8 Å². The van der Waals surface area contributed by atoms with Gasteiger partial charge in [0.05, 0.1) is 22.3 Å². The number of aromatic nitrogens is 1. The summed E-state index contributed by atoms with van der Waals surface area (Å²) in [5.74, 6) is 0.435. The van der Waals surface area contributed by atoms with E-state index in [1.807, 2.05) is 37.3 Å². The molecule has 7 heteroatoms. The number of amides is 2. The Balaban J connectivity index is 1.36. The molecule has 1 saturated carbocycles. The zero-order valence-corrected chi connectivity index (χ0v) is 19.2. The van der Waals surface area contributed by atoms with E-state index in [4.69, 9.17) is 16.0 Å². The van der Waals surface area contributed by atoms with Gasteiger partial charge in [-0.1, -0.05) is 53.6 Å². The first-order chi connectivity index (χ1) is 16.5. The molecule has 0 radical (unpaired) electrons. The Morgan fingerprint density at radius 2 is 1.74 bits per heavy atom. The Labute approximate surface area is 202 Å². The van der Waals surface area contributed by atoms with Crippen molar-refractivity contribution in [3.05, 3.63) is 94.6 Å². The Bertz CT molecular complexity index is 1370. The summed E-state index contributed by atoms with van der Waals surface area (Å²) >= 11 is 6.32. The van der Waals surface area contributed by atoms with E-state index >= 15 is 0 Å². The highest BCUT2D eigenvalue weighted by molar-refractivity contribution is 6.34. The zero-order chi connectivity index (χ0) is 23.7. The standard InChI is InChI=1S/C27H22ClN3O3/c1-16-6-8-17(9-7-16)24-15-29-27(34-24)21-5-3-2-4-20(21)25(32)31-19-12-13-22(23(28)14-19)26(33)30-18-10-11-18/h2-9,12-15,18H,10-11H2,1H3,(H,30,33)(H,31,32). The maximum atomic E-state index is 13.1. The fourth-order valence-electron chi connectivity index (χ4n) is 3.58. The molecule has 5 rings (SSSR count). The number of anilines is 1. The van der Waals surface area contributed by atoms with Crippen molar-refractivity contribution in [1.82, 2.24) is 10.3 Å². The SMILES string of the molecule is Cc1ccc(-c2cnc(-c3ccccc3C(=O)Nc3ccc(C(=O)NC4CC4)c(Cl)c3)o2)cc1. The van der Waals surface area contributed by atoms with E-state index in [9.17, 15) is 9.59 Å². The van der Waals surface area contributed by atoms with Gasteiger partial charge in [0, 0.05) is 22.9 Å². The van der Waals surface area contributed by atoms with E-state index in [0.717, 1.165) is 24.0 Å². The highest BCUT2D eigenvalue weighted by Gasteiger charge is 2.25. The molecule has 0 spiro atoms. The molecule has 2 N–H and O–H groups in total. The maximum absolute atomic E-state index is 13.1. The quantitative estimate of drug-likeness (QED) is 0.355. The number of halogens is 1. The molecule has 1 aromatic heterocycles. The lowest BCUT2D eigenvalue weighted by molar-refractivity contribution is 0.0950. The summed E-state index contributed by atoms with van der Waals surface area (Å²) < 4.78 is 5.98. The van der Waals surface area contributed by atoms with Gasteiger partial charge in [-0.25, -0.2) is 4.98 Å². The molecule has 3 aromatic carbocycles. The highest BCUT2D eigenvalue weighted by Crippen LogP contribution is 2.29. The van der Waals surface area contributed by atoms with Crippen molar-refractivity contribution in [1.29, 1.82) is 0 Å². The van der Waals surface area contributed by atoms with E-state index in [2.05, 4.69) is 15.6 Å². The molecule has 170 valence electrons. The van der Waals surface area contributed by atoms with E-state index in [1.54, 1.807) is 42.6 Å². The van der Waals surface area contributed by atoms with Gasteiger partial charge in [-0.05, 0) is 50.1 Å². The molecule has 1 fully saturated rings. The van der Waals surface area contributed by atoms with E-state index in [-0.39, 0.29) is 22.9 Å². The van der Waals surface area contributed by atoms with Gasteiger partial charge in [-0.15, -0.1) is 0 Å². The minimum Gasteiger partial charge on any atom is -0.436 e. The highest BCUT2D eigenvalue weighted by atomic mass is 35.5. The molecule has 0 bridgehead atoms. The number of nitrogens with one attached hydrogen (secondary N) is 2. The average molecular weight is 472 g/mol. The van der Waals surface area contributed by atoms with Gasteiger partial charge in [0.1, 0.15) is 0 Å². The van der Waals surface area contributed by atoms with E-state index in [0.29, 0.717) is 34.0 Å².